The lowest BCUT2D eigenvalue weighted by atomic mass is 10.1. The Kier molecular flexibility index (Phi) is 3.96. The van der Waals surface area contributed by atoms with Gasteiger partial charge in [0.2, 0.25) is 0 Å². The molecule has 0 aromatic carbocycles. The van der Waals surface area contributed by atoms with Gasteiger partial charge >= 0.3 is 0 Å². The summed E-state index contributed by atoms with van der Waals surface area (Å²) in [5.41, 5.74) is -0.450. The van der Waals surface area contributed by atoms with E-state index in [0.717, 1.165) is 6.20 Å². The molecule has 3 nitrogen and oxygen atoms in total. The lowest BCUT2D eigenvalue weighted by Gasteiger charge is -2.12. The van der Waals surface area contributed by atoms with Crippen LogP contribution >= 0.6 is 11.6 Å². The van der Waals surface area contributed by atoms with Gasteiger partial charge in [0, 0.05) is 11.8 Å². The molecule has 0 radical (unpaired) electrons. The number of methoxy groups -OCH3 is 1. The number of alkyl halides is 3. The standard InChI is InChI=1S/C9H8ClF2NO2/c1-15-8-6(2-10)13-3-5(4-14)7(8)9(11)12/h3-4,9H,2H2,1H3. The first-order valence-corrected chi connectivity index (χ1v) is 4.54. The highest BCUT2D eigenvalue weighted by molar-refractivity contribution is 6.17. The number of halogens is 3. The topological polar surface area (TPSA) is 39.2 Å². The third-order valence-corrected chi connectivity index (χ3v) is 2.11. The van der Waals surface area contributed by atoms with Crippen LogP contribution in [0.1, 0.15) is 28.0 Å². The molecule has 1 aromatic heterocycles. The quantitative estimate of drug-likeness (QED) is 0.595. The summed E-state index contributed by atoms with van der Waals surface area (Å²) in [5.74, 6) is -0.174. The number of rotatable bonds is 4. The molecule has 1 heterocycles. The summed E-state index contributed by atoms with van der Waals surface area (Å²) >= 11 is 5.51. The van der Waals surface area contributed by atoms with Gasteiger partial charge < -0.3 is 4.74 Å². The maximum absolute atomic E-state index is 12.7. The van der Waals surface area contributed by atoms with Crippen molar-refractivity contribution in [1.29, 1.82) is 0 Å². The molecular formula is C9H8ClF2NO2. The van der Waals surface area contributed by atoms with E-state index >= 15 is 0 Å². The van der Waals surface area contributed by atoms with E-state index in [1.807, 2.05) is 0 Å². The van der Waals surface area contributed by atoms with Gasteiger partial charge in [-0.3, -0.25) is 9.78 Å². The molecule has 0 saturated carbocycles. The number of pyridine rings is 1. The van der Waals surface area contributed by atoms with Crippen molar-refractivity contribution in [3.05, 3.63) is 23.0 Å². The zero-order valence-corrected chi connectivity index (χ0v) is 8.59. The van der Waals surface area contributed by atoms with E-state index in [0.29, 0.717) is 6.29 Å². The smallest absolute Gasteiger partial charge is 0.268 e. The Balaban J connectivity index is 3.44. The van der Waals surface area contributed by atoms with Crippen molar-refractivity contribution in [2.45, 2.75) is 12.3 Å². The summed E-state index contributed by atoms with van der Waals surface area (Å²) in [5, 5.41) is 0. The monoisotopic (exact) mass is 235 g/mol. The SMILES string of the molecule is COc1c(CCl)ncc(C=O)c1C(F)F. The molecule has 0 spiro atoms. The van der Waals surface area contributed by atoms with E-state index in [9.17, 15) is 13.6 Å². The second-order valence-electron chi connectivity index (χ2n) is 2.66. The maximum atomic E-state index is 12.7. The maximum Gasteiger partial charge on any atom is 0.268 e. The van der Waals surface area contributed by atoms with Crippen LogP contribution in [0.4, 0.5) is 8.78 Å². The Morgan fingerprint density at radius 2 is 2.33 bits per heavy atom. The van der Waals surface area contributed by atoms with E-state index in [1.54, 1.807) is 0 Å². The van der Waals surface area contributed by atoms with Crippen molar-refractivity contribution in [2.24, 2.45) is 0 Å². The highest BCUT2D eigenvalue weighted by Gasteiger charge is 2.22. The lowest BCUT2D eigenvalue weighted by molar-refractivity contribution is 0.110. The van der Waals surface area contributed by atoms with Crippen molar-refractivity contribution in [1.82, 2.24) is 4.98 Å². The van der Waals surface area contributed by atoms with Crippen LogP contribution in [0.3, 0.4) is 0 Å². The fourth-order valence-electron chi connectivity index (χ4n) is 1.20. The van der Waals surface area contributed by atoms with Crippen LogP contribution in [0.25, 0.3) is 0 Å². The highest BCUT2D eigenvalue weighted by Crippen LogP contribution is 2.33. The Hall–Kier alpha value is -1.23. The number of aldehydes is 1. The highest BCUT2D eigenvalue weighted by atomic mass is 35.5. The van der Waals surface area contributed by atoms with Crippen LogP contribution in [0, 0.1) is 0 Å². The van der Waals surface area contributed by atoms with E-state index in [2.05, 4.69) is 4.98 Å². The summed E-state index contributed by atoms with van der Waals surface area (Å²) < 4.78 is 30.1. The van der Waals surface area contributed by atoms with Gasteiger partial charge in [-0.2, -0.15) is 0 Å². The molecule has 0 saturated heterocycles. The third kappa shape index (κ3) is 2.23. The average Bonchev–Trinajstić information content (AvgIpc) is 2.26. The lowest BCUT2D eigenvalue weighted by Crippen LogP contribution is -2.03. The third-order valence-electron chi connectivity index (χ3n) is 1.85. The number of carbonyl (C=O) groups is 1. The van der Waals surface area contributed by atoms with Crippen molar-refractivity contribution in [3.8, 4) is 5.75 Å². The van der Waals surface area contributed by atoms with Gasteiger partial charge in [-0.25, -0.2) is 8.78 Å². The molecule has 0 bridgehead atoms. The Bertz CT molecular complexity index is 371. The number of hydrogen-bond acceptors (Lipinski definition) is 3. The molecule has 6 heteroatoms. The summed E-state index contributed by atoms with van der Waals surface area (Å²) in [4.78, 5) is 14.3. The summed E-state index contributed by atoms with van der Waals surface area (Å²) in [6, 6.07) is 0. The minimum Gasteiger partial charge on any atom is -0.494 e. The molecular weight excluding hydrogens is 228 g/mol. The number of carbonyl (C=O) groups excluding carboxylic acids is 1. The predicted octanol–water partition coefficient (Wildman–Crippen LogP) is 2.58. The van der Waals surface area contributed by atoms with Gasteiger partial charge in [0.1, 0.15) is 0 Å². The molecule has 15 heavy (non-hydrogen) atoms. The van der Waals surface area contributed by atoms with Gasteiger partial charge in [0.15, 0.2) is 12.0 Å². The summed E-state index contributed by atoms with van der Waals surface area (Å²) in [6.07, 6.45) is -1.42. The number of nitrogens with zero attached hydrogens (tertiary/aromatic N) is 1. The normalized spacial score (nSPS) is 10.5. The van der Waals surface area contributed by atoms with Crippen LogP contribution in [-0.2, 0) is 5.88 Å². The summed E-state index contributed by atoms with van der Waals surface area (Å²) in [7, 11) is 1.23. The molecule has 0 atom stereocenters. The molecule has 0 aliphatic rings. The van der Waals surface area contributed by atoms with Crippen molar-refractivity contribution in [3.63, 3.8) is 0 Å². The molecule has 0 aliphatic carbocycles. The van der Waals surface area contributed by atoms with Crippen molar-refractivity contribution >= 4 is 17.9 Å². The van der Waals surface area contributed by atoms with Gasteiger partial charge in [-0.05, 0) is 0 Å². The second-order valence-corrected chi connectivity index (χ2v) is 2.93. The predicted molar refractivity (Wildman–Crippen MR) is 50.7 cm³/mol. The number of aromatic nitrogens is 1. The van der Waals surface area contributed by atoms with Crippen molar-refractivity contribution < 1.29 is 18.3 Å². The molecule has 0 aliphatic heterocycles. The minimum absolute atomic E-state index is 0.0535. The zero-order chi connectivity index (χ0) is 11.4. The molecule has 1 rings (SSSR count). The van der Waals surface area contributed by atoms with Crippen LogP contribution in [-0.4, -0.2) is 18.4 Å². The first-order valence-electron chi connectivity index (χ1n) is 4.00. The minimum atomic E-state index is -2.80. The van der Waals surface area contributed by atoms with Crippen LogP contribution < -0.4 is 4.74 Å². The van der Waals surface area contributed by atoms with E-state index in [-0.39, 0.29) is 22.9 Å². The largest absolute Gasteiger partial charge is 0.494 e. The van der Waals surface area contributed by atoms with Gasteiger partial charge in [0.25, 0.3) is 6.43 Å². The molecule has 0 fully saturated rings. The fourth-order valence-corrected chi connectivity index (χ4v) is 1.39. The van der Waals surface area contributed by atoms with E-state index < -0.39 is 12.0 Å². The van der Waals surface area contributed by atoms with Gasteiger partial charge in [-0.1, -0.05) is 0 Å². The van der Waals surface area contributed by atoms with Crippen LogP contribution in [0.15, 0.2) is 6.20 Å². The zero-order valence-electron chi connectivity index (χ0n) is 7.84. The van der Waals surface area contributed by atoms with Crippen LogP contribution in [0.5, 0.6) is 5.75 Å². The van der Waals surface area contributed by atoms with E-state index in [1.165, 1.54) is 7.11 Å². The molecule has 0 amide bonds. The molecule has 0 N–H and O–H groups in total. The fraction of sp³-hybridized carbons (Fsp3) is 0.333. The summed E-state index contributed by atoms with van der Waals surface area (Å²) in [6.45, 7) is 0. The Morgan fingerprint density at radius 3 is 2.73 bits per heavy atom. The van der Waals surface area contributed by atoms with Gasteiger partial charge in [-0.15, -0.1) is 11.6 Å². The molecule has 1 aromatic rings. The molecule has 82 valence electrons. The molecule has 0 unspecified atom stereocenters. The Morgan fingerprint density at radius 1 is 1.67 bits per heavy atom. The number of hydrogen-bond donors (Lipinski definition) is 0. The van der Waals surface area contributed by atoms with Crippen molar-refractivity contribution in [2.75, 3.05) is 7.11 Å². The first kappa shape index (κ1) is 11.8. The Labute approximate surface area is 90.0 Å². The average molecular weight is 236 g/mol. The number of ether oxygens (including phenoxy) is 1. The van der Waals surface area contributed by atoms with Crippen LogP contribution in [0.2, 0.25) is 0 Å². The second kappa shape index (κ2) is 5.02. The van der Waals surface area contributed by atoms with E-state index in [4.69, 9.17) is 16.3 Å². The first-order chi connectivity index (χ1) is 7.15. The van der Waals surface area contributed by atoms with Gasteiger partial charge in [0.05, 0.1) is 24.2 Å².